The number of benzene rings is 2. The quantitative estimate of drug-likeness (QED) is 0.430. The Balaban J connectivity index is 1.61. The van der Waals surface area contributed by atoms with Crippen molar-refractivity contribution in [1.29, 1.82) is 0 Å². The molecule has 2 aromatic rings. The van der Waals surface area contributed by atoms with Gasteiger partial charge < -0.3 is 9.84 Å². The Kier molecular flexibility index (Phi) is 8.09. The number of aryl methyl sites for hydroxylation is 1. The van der Waals surface area contributed by atoms with Crippen molar-refractivity contribution in [2.75, 3.05) is 0 Å². The zero-order chi connectivity index (χ0) is 22.3. The molecular weight excluding hydrogens is 384 g/mol. The van der Waals surface area contributed by atoms with Crippen molar-refractivity contribution < 1.29 is 14.6 Å². The Morgan fingerprint density at radius 1 is 1.10 bits per heavy atom. The molecule has 0 saturated heterocycles. The van der Waals surface area contributed by atoms with E-state index in [0.29, 0.717) is 5.92 Å². The number of esters is 1. The first-order chi connectivity index (χ1) is 14.9. The summed E-state index contributed by atoms with van der Waals surface area (Å²) in [6.45, 7) is 6.69. The minimum Gasteiger partial charge on any atom is -0.460 e. The molecule has 3 rings (SSSR count). The largest absolute Gasteiger partial charge is 0.460 e. The van der Waals surface area contributed by atoms with Gasteiger partial charge in [0, 0.05) is 5.92 Å². The van der Waals surface area contributed by atoms with Gasteiger partial charge in [0.2, 0.25) is 0 Å². The Morgan fingerprint density at radius 3 is 2.42 bits per heavy atom. The van der Waals surface area contributed by atoms with Gasteiger partial charge in [-0.3, -0.25) is 0 Å². The fourth-order valence-electron chi connectivity index (χ4n) is 4.78. The molecule has 0 bridgehead atoms. The molecule has 4 atom stereocenters. The van der Waals surface area contributed by atoms with E-state index in [-0.39, 0.29) is 17.4 Å². The predicted molar refractivity (Wildman–Crippen MR) is 126 cm³/mol. The van der Waals surface area contributed by atoms with Gasteiger partial charge in [-0.25, -0.2) is 4.79 Å². The van der Waals surface area contributed by atoms with Gasteiger partial charge in [-0.2, -0.15) is 0 Å². The van der Waals surface area contributed by atoms with Gasteiger partial charge in [0.15, 0.2) is 6.10 Å². The zero-order valence-electron chi connectivity index (χ0n) is 19.0. The molecule has 3 unspecified atom stereocenters. The molecule has 0 aliphatic heterocycles. The summed E-state index contributed by atoms with van der Waals surface area (Å²) in [6, 6.07) is 20.7. The van der Waals surface area contributed by atoms with Crippen LogP contribution >= 0.6 is 0 Å². The summed E-state index contributed by atoms with van der Waals surface area (Å²) in [5.74, 6) is 0.201. The summed E-state index contributed by atoms with van der Waals surface area (Å²) < 4.78 is 5.92. The van der Waals surface area contributed by atoms with Gasteiger partial charge in [-0.05, 0) is 54.2 Å². The van der Waals surface area contributed by atoms with Crippen molar-refractivity contribution in [3.63, 3.8) is 0 Å². The molecule has 1 saturated carbocycles. The van der Waals surface area contributed by atoms with Crippen LogP contribution in [0.15, 0.2) is 72.8 Å². The Bertz CT molecular complexity index is 841. The number of aliphatic hydroxyl groups excluding tert-OH is 1. The Labute approximate surface area is 187 Å². The topological polar surface area (TPSA) is 46.5 Å². The van der Waals surface area contributed by atoms with Crippen molar-refractivity contribution in [2.24, 2.45) is 11.8 Å². The van der Waals surface area contributed by atoms with E-state index >= 15 is 0 Å². The Hall–Kier alpha value is -2.39. The summed E-state index contributed by atoms with van der Waals surface area (Å²) in [6.07, 6.45) is 6.69. The van der Waals surface area contributed by atoms with Crippen LogP contribution < -0.4 is 0 Å². The van der Waals surface area contributed by atoms with Crippen molar-refractivity contribution >= 4 is 5.97 Å². The van der Waals surface area contributed by atoms with Gasteiger partial charge in [0.1, 0.15) is 6.10 Å². The molecule has 0 radical (unpaired) electrons. The SMILES string of the molecule is CC1CCC(C(C)(C)c2ccccc2)C(OC(=O)[C@H](O)C=CCCc2ccccc2)C1. The van der Waals surface area contributed by atoms with Gasteiger partial charge in [-0.1, -0.05) is 93.9 Å². The molecule has 0 aromatic heterocycles. The molecule has 3 nitrogen and oxygen atoms in total. The fourth-order valence-corrected chi connectivity index (χ4v) is 4.78. The third kappa shape index (κ3) is 6.30. The maximum atomic E-state index is 12.7. The van der Waals surface area contributed by atoms with Crippen molar-refractivity contribution in [2.45, 2.75) is 70.5 Å². The molecule has 166 valence electrons. The van der Waals surface area contributed by atoms with Gasteiger partial charge in [0.05, 0.1) is 0 Å². The smallest absolute Gasteiger partial charge is 0.339 e. The summed E-state index contributed by atoms with van der Waals surface area (Å²) in [5.41, 5.74) is 2.39. The zero-order valence-corrected chi connectivity index (χ0v) is 19.0. The first-order valence-corrected chi connectivity index (χ1v) is 11.5. The molecule has 1 N–H and O–H groups in total. The third-order valence-electron chi connectivity index (χ3n) is 6.77. The van der Waals surface area contributed by atoms with E-state index in [4.69, 9.17) is 4.74 Å². The first kappa shape index (κ1) is 23.3. The molecule has 1 aliphatic carbocycles. The third-order valence-corrected chi connectivity index (χ3v) is 6.77. The van der Waals surface area contributed by atoms with Crippen LogP contribution in [0.5, 0.6) is 0 Å². The lowest BCUT2D eigenvalue weighted by atomic mass is 9.64. The molecule has 0 amide bonds. The lowest BCUT2D eigenvalue weighted by Gasteiger charge is -2.44. The fraction of sp³-hybridized carbons (Fsp3) is 0.464. The summed E-state index contributed by atoms with van der Waals surface area (Å²) in [7, 11) is 0. The highest BCUT2D eigenvalue weighted by atomic mass is 16.6. The standard InChI is InChI=1S/C28H36O3/c1-21-18-19-24(28(2,3)23-15-8-5-9-16-23)26(20-21)31-27(30)25(29)17-11-10-14-22-12-6-4-7-13-22/h4-9,11-13,15-17,21,24-26,29H,10,14,18-20H2,1-3H3/t21?,24?,25-,26?/m1/s1. The average Bonchev–Trinajstić information content (AvgIpc) is 2.77. The van der Waals surface area contributed by atoms with Crippen LogP contribution in [-0.4, -0.2) is 23.3 Å². The minimum atomic E-state index is -1.21. The van der Waals surface area contributed by atoms with E-state index in [2.05, 4.69) is 57.2 Å². The van der Waals surface area contributed by atoms with Crippen LogP contribution in [0.25, 0.3) is 0 Å². The van der Waals surface area contributed by atoms with Gasteiger partial charge in [0.25, 0.3) is 0 Å². The van der Waals surface area contributed by atoms with E-state index < -0.39 is 12.1 Å². The predicted octanol–water partition coefficient (Wildman–Crippen LogP) is 5.86. The Morgan fingerprint density at radius 2 is 1.74 bits per heavy atom. The molecule has 3 heteroatoms. The lowest BCUT2D eigenvalue weighted by Crippen LogP contribution is -2.44. The highest BCUT2D eigenvalue weighted by Gasteiger charge is 2.42. The van der Waals surface area contributed by atoms with E-state index in [0.717, 1.165) is 32.1 Å². The minimum absolute atomic E-state index is 0.108. The average molecular weight is 421 g/mol. The van der Waals surface area contributed by atoms with Crippen molar-refractivity contribution in [3.05, 3.63) is 83.9 Å². The van der Waals surface area contributed by atoms with Gasteiger partial charge in [-0.15, -0.1) is 0 Å². The van der Waals surface area contributed by atoms with Crippen molar-refractivity contribution in [3.8, 4) is 0 Å². The molecule has 1 fully saturated rings. The summed E-state index contributed by atoms with van der Waals surface area (Å²) in [4.78, 5) is 12.7. The van der Waals surface area contributed by atoms with Crippen LogP contribution in [0.3, 0.4) is 0 Å². The van der Waals surface area contributed by atoms with E-state index in [1.165, 1.54) is 11.1 Å². The van der Waals surface area contributed by atoms with E-state index in [9.17, 15) is 9.90 Å². The number of allylic oxidation sites excluding steroid dienone is 1. The number of aliphatic hydroxyl groups is 1. The molecule has 0 heterocycles. The maximum Gasteiger partial charge on any atom is 0.339 e. The highest BCUT2D eigenvalue weighted by molar-refractivity contribution is 5.76. The number of carbonyl (C=O) groups is 1. The number of ether oxygens (including phenoxy) is 1. The second-order valence-corrected chi connectivity index (χ2v) is 9.49. The summed E-state index contributed by atoms with van der Waals surface area (Å²) >= 11 is 0. The molecule has 2 aromatic carbocycles. The van der Waals surface area contributed by atoms with Crippen LogP contribution in [0, 0.1) is 11.8 Å². The second-order valence-electron chi connectivity index (χ2n) is 9.49. The number of carbonyl (C=O) groups excluding carboxylic acids is 1. The number of rotatable bonds is 8. The maximum absolute atomic E-state index is 12.7. The molecule has 31 heavy (non-hydrogen) atoms. The molecular formula is C28H36O3. The van der Waals surface area contributed by atoms with Gasteiger partial charge >= 0.3 is 5.97 Å². The van der Waals surface area contributed by atoms with Crippen molar-refractivity contribution in [1.82, 2.24) is 0 Å². The van der Waals surface area contributed by atoms with E-state index in [1.807, 2.05) is 30.3 Å². The second kappa shape index (κ2) is 10.8. The molecule has 0 spiro atoms. The highest BCUT2D eigenvalue weighted by Crippen LogP contribution is 2.43. The first-order valence-electron chi connectivity index (χ1n) is 11.5. The summed E-state index contributed by atoms with van der Waals surface area (Å²) in [5, 5.41) is 10.4. The lowest BCUT2D eigenvalue weighted by molar-refractivity contribution is -0.163. The van der Waals surface area contributed by atoms with Crippen LogP contribution in [0.1, 0.15) is 57.6 Å². The monoisotopic (exact) mass is 420 g/mol. The molecule has 1 aliphatic rings. The number of hydrogen-bond acceptors (Lipinski definition) is 3. The van der Waals surface area contributed by atoms with Crippen LogP contribution in [0.2, 0.25) is 0 Å². The van der Waals surface area contributed by atoms with Crippen LogP contribution in [0.4, 0.5) is 0 Å². The number of hydrogen-bond donors (Lipinski definition) is 1. The van der Waals surface area contributed by atoms with E-state index in [1.54, 1.807) is 6.08 Å². The van der Waals surface area contributed by atoms with Crippen LogP contribution in [-0.2, 0) is 21.4 Å². The normalized spacial score (nSPS) is 22.9.